The Bertz CT molecular complexity index is 887. The van der Waals surface area contributed by atoms with Gasteiger partial charge >= 0.3 is 0 Å². The quantitative estimate of drug-likeness (QED) is 0.903. The van der Waals surface area contributed by atoms with Crippen molar-refractivity contribution >= 4 is 17.5 Å². The van der Waals surface area contributed by atoms with Crippen LogP contribution in [0, 0.1) is 5.82 Å². The average Bonchev–Trinajstić information content (AvgIpc) is 2.98. The number of nitrogens with one attached hydrogen (secondary N) is 1. The summed E-state index contributed by atoms with van der Waals surface area (Å²) in [6.45, 7) is 0.919. The second-order valence-corrected chi connectivity index (χ2v) is 6.61. The Balaban J connectivity index is 1.49. The van der Waals surface area contributed by atoms with Gasteiger partial charge in [0.2, 0.25) is 0 Å². The third-order valence-corrected chi connectivity index (χ3v) is 4.88. The van der Waals surface area contributed by atoms with E-state index in [0.717, 1.165) is 5.56 Å². The van der Waals surface area contributed by atoms with E-state index >= 15 is 0 Å². The number of nitrogens with zero attached hydrogens (tertiary/aromatic N) is 2. The van der Waals surface area contributed by atoms with E-state index in [1.165, 1.54) is 18.2 Å². The normalized spacial score (nSPS) is 18.6. The Kier molecular flexibility index (Phi) is 4.03. The van der Waals surface area contributed by atoms with Gasteiger partial charge in [-0.15, -0.1) is 0 Å². The maximum atomic E-state index is 13.3. The van der Waals surface area contributed by atoms with Gasteiger partial charge in [0.25, 0.3) is 11.8 Å². The monoisotopic (exact) mass is 351 g/mol. The number of carbonyl (C=O) groups is 2. The fourth-order valence-corrected chi connectivity index (χ4v) is 3.48. The zero-order chi connectivity index (χ0) is 18.1. The summed E-state index contributed by atoms with van der Waals surface area (Å²) >= 11 is 0. The van der Waals surface area contributed by atoms with Crippen molar-refractivity contribution in [1.29, 1.82) is 0 Å². The van der Waals surface area contributed by atoms with Crippen molar-refractivity contribution in [1.82, 2.24) is 10.2 Å². The van der Waals surface area contributed by atoms with Crippen LogP contribution >= 0.6 is 0 Å². The smallest absolute Gasteiger partial charge is 0.272 e. The van der Waals surface area contributed by atoms with Gasteiger partial charge in [0.1, 0.15) is 17.2 Å². The minimum atomic E-state index is -0.652. The van der Waals surface area contributed by atoms with Crippen molar-refractivity contribution in [3.8, 4) is 0 Å². The van der Waals surface area contributed by atoms with Crippen LogP contribution in [0.15, 0.2) is 59.6 Å². The zero-order valence-corrected chi connectivity index (χ0v) is 14.1. The van der Waals surface area contributed by atoms with Crippen LogP contribution in [0.25, 0.3) is 0 Å². The molecule has 5 nitrogen and oxygen atoms in total. The van der Waals surface area contributed by atoms with Crippen LogP contribution in [0.2, 0.25) is 0 Å². The maximum Gasteiger partial charge on any atom is 0.272 e. The highest BCUT2D eigenvalue weighted by Gasteiger charge is 2.42. The number of benzene rings is 2. The van der Waals surface area contributed by atoms with Crippen molar-refractivity contribution in [3.05, 3.63) is 71.5 Å². The largest absolute Gasteiger partial charge is 0.338 e. The van der Waals surface area contributed by atoms with Crippen molar-refractivity contribution in [2.24, 2.45) is 4.99 Å². The first kappa shape index (κ1) is 16.4. The summed E-state index contributed by atoms with van der Waals surface area (Å²) in [4.78, 5) is 31.3. The van der Waals surface area contributed by atoms with Gasteiger partial charge in [-0.05, 0) is 18.2 Å². The van der Waals surface area contributed by atoms with Gasteiger partial charge in [0.05, 0.1) is 0 Å². The zero-order valence-electron chi connectivity index (χ0n) is 14.1. The van der Waals surface area contributed by atoms with Gasteiger partial charge in [-0.3, -0.25) is 14.6 Å². The molecule has 1 fully saturated rings. The molecule has 1 saturated heterocycles. The molecule has 1 spiro atoms. The SMILES string of the molecule is O=C1NC2(CCN(C(=O)c3cccc(F)c3)CC2)N=C1c1ccccc1. The van der Waals surface area contributed by atoms with Crippen LogP contribution in [0.4, 0.5) is 4.39 Å². The first-order valence-electron chi connectivity index (χ1n) is 8.59. The standard InChI is InChI=1S/C20H18FN3O2/c21-16-8-4-7-15(13-16)19(26)24-11-9-20(10-12-24)22-17(18(25)23-20)14-5-2-1-3-6-14/h1-8,13H,9-12H2,(H,23,25). The highest BCUT2D eigenvalue weighted by atomic mass is 19.1. The number of likely N-dealkylation sites (tertiary alicyclic amines) is 1. The minimum absolute atomic E-state index is 0.180. The topological polar surface area (TPSA) is 61.8 Å². The molecule has 26 heavy (non-hydrogen) atoms. The van der Waals surface area contributed by atoms with Crippen LogP contribution < -0.4 is 5.32 Å². The number of piperidine rings is 1. The third-order valence-electron chi connectivity index (χ3n) is 4.88. The van der Waals surface area contributed by atoms with Gasteiger partial charge < -0.3 is 10.2 Å². The van der Waals surface area contributed by atoms with E-state index in [9.17, 15) is 14.0 Å². The Morgan fingerprint density at radius 1 is 1.08 bits per heavy atom. The fourth-order valence-electron chi connectivity index (χ4n) is 3.48. The van der Waals surface area contributed by atoms with Gasteiger partial charge in [-0.1, -0.05) is 36.4 Å². The second kappa shape index (κ2) is 6.37. The van der Waals surface area contributed by atoms with Crippen LogP contribution in [0.1, 0.15) is 28.8 Å². The molecule has 2 aliphatic heterocycles. The van der Waals surface area contributed by atoms with Gasteiger partial charge in [0.15, 0.2) is 0 Å². The lowest BCUT2D eigenvalue weighted by Gasteiger charge is -2.37. The molecule has 0 atom stereocenters. The van der Waals surface area contributed by atoms with Crippen molar-refractivity contribution in [2.75, 3.05) is 13.1 Å². The third kappa shape index (κ3) is 2.98. The fraction of sp³-hybridized carbons (Fsp3) is 0.250. The van der Waals surface area contributed by atoms with Gasteiger partial charge in [-0.2, -0.15) is 0 Å². The summed E-state index contributed by atoms with van der Waals surface area (Å²) < 4.78 is 13.3. The lowest BCUT2D eigenvalue weighted by molar-refractivity contribution is -0.115. The second-order valence-electron chi connectivity index (χ2n) is 6.61. The van der Waals surface area contributed by atoms with Gasteiger partial charge in [-0.25, -0.2) is 4.39 Å². The molecule has 132 valence electrons. The molecule has 6 heteroatoms. The van der Waals surface area contributed by atoms with Crippen molar-refractivity contribution in [3.63, 3.8) is 0 Å². The van der Waals surface area contributed by atoms with Crippen molar-refractivity contribution in [2.45, 2.75) is 18.5 Å². The van der Waals surface area contributed by atoms with E-state index in [-0.39, 0.29) is 11.8 Å². The van der Waals surface area contributed by atoms with E-state index < -0.39 is 11.5 Å². The Morgan fingerprint density at radius 2 is 1.81 bits per heavy atom. The number of hydrogen-bond donors (Lipinski definition) is 1. The van der Waals surface area contributed by atoms with E-state index in [1.54, 1.807) is 11.0 Å². The van der Waals surface area contributed by atoms with E-state index in [2.05, 4.69) is 10.3 Å². The number of rotatable bonds is 2. The highest BCUT2D eigenvalue weighted by Crippen LogP contribution is 2.29. The molecular weight excluding hydrogens is 333 g/mol. The van der Waals surface area contributed by atoms with Crippen LogP contribution in [-0.2, 0) is 4.79 Å². The first-order valence-corrected chi connectivity index (χ1v) is 8.59. The number of amides is 2. The van der Waals surface area contributed by atoms with Crippen molar-refractivity contribution < 1.29 is 14.0 Å². The highest BCUT2D eigenvalue weighted by molar-refractivity contribution is 6.46. The average molecular weight is 351 g/mol. The molecule has 1 N–H and O–H groups in total. The predicted molar refractivity (Wildman–Crippen MR) is 95.4 cm³/mol. The molecule has 0 unspecified atom stereocenters. The van der Waals surface area contributed by atoms with E-state index in [4.69, 9.17) is 0 Å². The molecule has 0 radical (unpaired) electrons. The Labute approximate surface area is 150 Å². The molecular formula is C20H18FN3O2. The van der Waals surface area contributed by atoms with Gasteiger partial charge in [0, 0.05) is 37.1 Å². The molecule has 2 aliphatic rings. The lowest BCUT2D eigenvalue weighted by atomic mass is 9.97. The molecule has 0 aromatic heterocycles. The molecule has 0 bridgehead atoms. The Hall–Kier alpha value is -3.02. The Morgan fingerprint density at radius 3 is 2.50 bits per heavy atom. The molecule has 0 aliphatic carbocycles. The molecule has 4 rings (SSSR count). The molecule has 2 aromatic rings. The number of halogens is 1. The summed E-state index contributed by atoms with van der Waals surface area (Å²) in [6.07, 6.45) is 1.08. The minimum Gasteiger partial charge on any atom is -0.338 e. The molecule has 0 saturated carbocycles. The molecule has 2 heterocycles. The maximum absolute atomic E-state index is 13.3. The summed E-state index contributed by atoms with van der Waals surface area (Å²) in [7, 11) is 0. The summed E-state index contributed by atoms with van der Waals surface area (Å²) in [5.74, 6) is -0.804. The number of hydrogen-bond acceptors (Lipinski definition) is 3. The van der Waals surface area contributed by atoms with Crippen LogP contribution in [0.3, 0.4) is 0 Å². The summed E-state index contributed by atoms with van der Waals surface area (Å²) in [5, 5.41) is 2.99. The molecule has 2 aromatic carbocycles. The molecule has 2 amide bonds. The predicted octanol–water partition coefficient (Wildman–Crippen LogP) is 2.38. The van der Waals surface area contributed by atoms with Crippen LogP contribution in [-0.4, -0.2) is 41.2 Å². The van der Waals surface area contributed by atoms with E-state index in [0.29, 0.717) is 37.2 Å². The number of carbonyl (C=O) groups excluding carboxylic acids is 2. The summed E-state index contributed by atoms with van der Waals surface area (Å²) in [6, 6.07) is 15.1. The number of aliphatic imine (C=N–C) groups is 1. The van der Waals surface area contributed by atoms with E-state index in [1.807, 2.05) is 30.3 Å². The summed E-state index contributed by atoms with van der Waals surface area (Å²) in [5.41, 5.74) is 0.918. The van der Waals surface area contributed by atoms with Crippen LogP contribution in [0.5, 0.6) is 0 Å². The first-order chi connectivity index (χ1) is 12.6. The lowest BCUT2D eigenvalue weighted by Crippen LogP contribution is -2.52.